The second kappa shape index (κ2) is 8.92. The van der Waals surface area contributed by atoms with Gasteiger partial charge in [-0.05, 0) is 42.7 Å². The molecule has 9 heteroatoms. The van der Waals surface area contributed by atoms with Crippen LogP contribution >= 0.6 is 11.6 Å². The molecule has 2 aromatic carbocycles. The predicted octanol–water partition coefficient (Wildman–Crippen LogP) is 4.39. The Balaban J connectivity index is 1.43. The highest BCUT2D eigenvalue weighted by Gasteiger charge is 2.35. The highest BCUT2D eigenvalue weighted by atomic mass is 35.5. The maximum atomic E-state index is 12.6. The largest absolute Gasteiger partial charge is 0.452 e. The monoisotopic (exact) mass is 453 g/mol. The molecular weight excluding hydrogens is 434 g/mol. The van der Waals surface area contributed by atoms with Gasteiger partial charge in [-0.2, -0.15) is 4.98 Å². The average Bonchev–Trinajstić information content (AvgIpc) is 3.34. The lowest BCUT2D eigenvalue weighted by atomic mass is 10.1. The number of carbonyl (C=O) groups excluding carboxylic acids is 3. The lowest BCUT2D eigenvalue weighted by molar-refractivity contribution is 0.0429. The number of carbonyl (C=O) groups is 3. The summed E-state index contributed by atoms with van der Waals surface area (Å²) in [5.41, 5.74) is 1.24. The second-order valence-electron chi connectivity index (χ2n) is 7.77. The molecule has 0 radical (unpaired) electrons. The Morgan fingerprint density at radius 3 is 2.59 bits per heavy atom. The van der Waals surface area contributed by atoms with Crippen molar-refractivity contribution in [2.45, 2.75) is 26.9 Å². The van der Waals surface area contributed by atoms with Crippen molar-refractivity contribution >= 4 is 29.4 Å². The number of fused-ring (bicyclic) bond motifs is 1. The van der Waals surface area contributed by atoms with Crippen LogP contribution in [0.4, 0.5) is 0 Å². The molecule has 8 nitrogen and oxygen atoms in total. The zero-order valence-electron chi connectivity index (χ0n) is 17.5. The smallest absolute Gasteiger partial charge is 0.338 e. The van der Waals surface area contributed by atoms with Crippen LogP contribution in [-0.2, 0) is 11.3 Å². The van der Waals surface area contributed by atoms with Gasteiger partial charge in [0.25, 0.3) is 17.7 Å². The van der Waals surface area contributed by atoms with Crippen molar-refractivity contribution in [2.75, 3.05) is 6.54 Å². The lowest BCUT2D eigenvalue weighted by Crippen LogP contribution is -2.31. The third-order valence-corrected chi connectivity index (χ3v) is 5.38. The van der Waals surface area contributed by atoms with Crippen LogP contribution in [0.5, 0.6) is 0 Å². The first-order valence-electron chi connectivity index (χ1n) is 10.1. The number of rotatable bonds is 7. The third kappa shape index (κ3) is 4.27. The summed E-state index contributed by atoms with van der Waals surface area (Å²) in [6.07, 6.45) is 0.709. The maximum absolute atomic E-state index is 12.6. The standard InChI is InChI=1S/C23H20ClN3O5/c1-13(2)9-10-27-21(28)15-8-7-14(11-17(15)22(27)29)23(30)31-12-19-25-20(26-32-19)16-5-3-4-6-18(16)24/h3-8,11,13H,9-10,12H2,1-2H3. The molecule has 32 heavy (non-hydrogen) atoms. The van der Waals surface area contributed by atoms with E-state index in [1.807, 2.05) is 13.8 Å². The molecule has 0 aliphatic carbocycles. The zero-order valence-corrected chi connectivity index (χ0v) is 18.3. The lowest BCUT2D eigenvalue weighted by Gasteiger charge is -2.14. The van der Waals surface area contributed by atoms with Crippen molar-refractivity contribution in [1.82, 2.24) is 15.0 Å². The number of hydrogen-bond acceptors (Lipinski definition) is 7. The summed E-state index contributed by atoms with van der Waals surface area (Å²) in [6, 6.07) is 11.3. The molecule has 0 bridgehead atoms. The van der Waals surface area contributed by atoms with Gasteiger partial charge in [-0.25, -0.2) is 4.79 Å². The molecule has 164 valence electrons. The topological polar surface area (TPSA) is 103 Å². The molecule has 0 unspecified atom stereocenters. The first-order valence-corrected chi connectivity index (χ1v) is 10.5. The fourth-order valence-electron chi connectivity index (χ4n) is 3.28. The van der Waals surface area contributed by atoms with Gasteiger partial charge in [-0.15, -0.1) is 0 Å². The molecule has 2 amide bonds. The first kappa shape index (κ1) is 21.7. The van der Waals surface area contributed by atoms with Gasteiger partial charge in [0.2, 0.25) is 5.82 Å². The van der Waals surface area contributed by atoms with Gasteiger partial charge in [0.05, 0.1) is 21.7 Å². The van der Waals surface area contributed by atoms with E-state index in [1.165, 1.54) is 23.1 Å². The fraction of sp³-hybridized carbons (Fsp3) is 0.261. The number of nitrogens with zero attached hydrogens (tertiary/aromatic N) is 3. The fourth-order valence-corrected chi connectivity index (χ4v) is 3.50. The average molecular weight is 454 g/mol. The number of esters is 1. The number of ether oxygens (including phenoxy) is 1. The molecular formula is C23H20ClN3O5. The van der Waals surface area contributed by atoms with E-state index in [0.717, 1.165) is 0 Å². The summed E-state index contributed by atoms with van der Waals surface area (Å²) in [4.78, 5) is 43.0. The van der Waals surface area contributed by atoms with E-state index in [0.29, 0.717) is 29.5 Å². The molecule has 3 aromatic rings. The number of amides is 2. The van der Waals surface area contributed by atoms with Crippen molar-refractivity contribution in [2.24, 2.45) is 5.92 Å². The quantitative estimate of drug-likeness (QED) is 0.386. The minimum Gasteiger partial charge on any atom is -0.452 e. The van der Waals surface area contributed by atoms with E-state index in [-0.39, 0.29) is 40.9 Å². The zero-order chi connectivity index (χ0) is 22.8. The first-order chi connectivity index (χ1) is 15.3. The van der Waals surface area contributed by atoms with Gasteiger partial charge < -0.3 is 9.26 Å². The summed E-state index contributed by atoms with van der Waals surface area (Å²) in [5, 5.41) is 4.32. The summed E-state index contributed by atoms with van der Waals surface area (Å²) in [5.74, 6) is -0.686. The summed E-state index contributed by atoms with van der Waals surface area (Å²) in [6.45, 7) is 4.13. The van der Waals surface area contributed by atoms with Crippen LogP contribution in [0.15, 0.2) is 47.0 Å². The third-order valence-electron chi connectivity index (χ3n) is 5.05. The number of imide groups is 1. The highest BCUT2D eigenvalue weighted by Crippen LogP contribution is 2.26. The number of halogens is 1. The van der Waals surface area contributed by atoms with E-state index < -0.39 is 11.9 Å². The van der Waals surface area contributed by atoms with Gasteiger partial charge in [-0.3, -0.25) is 14.5 Å². The Labute approximate surface area is 189 Å². The maximum Gasteiger partial charge on any atom is 0.338 e. The Hall–Kier alpha value is -3.52. The summed E-state index contributed by atoms with van der Waals surface area (Å²) < 4.78 is 10.4. The SMILES string of the molecule is CC(C)CCN1C(=O)c2ccc(C(=O)OCc3nc(-c4ccccc4Cl)no3)cc2C1=O. The second-order valence-corrected chi connectivity index (χ2v) is 8.18. The van der Waals surface area contributed by atoms with E-state index >= 15 is 0 Å². The number of aromatic nitrogens is 2. The molecule has 1 aromatic heterocycles. The normalized spacial score (nSPS) is 13.1. The Morgan fingerprint density at radius 2 is 1.84 bits per heavy atom. The molecule has 0 saturated carbocycles. The van der Waals surface area contributed by atoms with Crippen LogP contribution in [0.1, 0.15) is 57.2 Å². The van der Waals surface area contributed by atoms with Crippen LogP contribution in [-0.4, -0.2) is 39.4 Å². The summed E-state index contributed by atoms with van der Waals surface area (Å²) >= 11 is 6.13. The molecule has 0 fully saturated rings. The van der Waals surface area contributed by atoms with Crippen molar-refractivity contribution in [1.29, 1.82) is 0 Å². The van der Waals surface area contributed by atoms with Crippen LogP contribution < -0.4 is 0 Å². The van der Waals surface area contributed by atoms with Gasteiger partial charge in [0.15, 0.2) is 6.61 Å². The highest BCUT2D eigenvalue weighted by molar-refractivity contribution is 6.33. The van der Waals surface area contributed by atoms with Gasteiger partial charge >= 0.3 is 5.97 Å². The molecule has 0 spiro atoms. The van der Waals surface area contributed by atoms with Crippen LogP contribution in [0.25, 0.3) is 11.4 Å². The minimum atomic E-state index is -0.675. The number of hydrogen-bond donors (Lipinski definition) is 0. The van der Waals surface area contributed by atoms with E-state index in [9.17, 15) is 14.4 Å². The minimum absolute atomic E-state index is 0.0977. The van der Waals surface area contributed by atoms with Crippen molar-refractivity contribution < 1.29 is 23.6 Å². The molecule has 1 aliphatic rings. The van der Waals surface area contributed by atoms with Gasteiger partial charge in [0, 0.05) is 12.1 Å². The molecule has 1 aliphatic heterocycles. The summed E-state index contributed by atoms with van der Waals surface area (Å²) in [7, 11) is 0. The molecule has 4 rings (SSSR count). The van der Waals surface area contributed by atoms with Crippen LogP contribution in [0.2, 0.25) is 5.02 Å². The molecule has 0 atom stereocenters. The molecule has 0 saturated heterocycles. The van der Waals surface area contributed by atoms with Crippen LogP contribution in [0, 0.1) is 5.92 Å². The van der Waals surface area contributed by atoms with Crippen LogP contribution in [0.3, 0.4) is 0 Å². The van der Waals surface area contributed by atoms with Crippen molar-refractivity contribution in [3.63, 3.8) is 0 Å². The Morgan fingerprint density at radius 1 is 1.09 bits per heavy atom. The Bertz CT molecular complexity index is 1200. The van der Waals surface area contributed by atoms with E-state index in [1.54, 1.807) is 24.3 Å². The number of benzene rings is 2. The van der Waals surface area contributed by atoms with E-state index in [4.69, 9.17) is 20.9 Å². The van der Waals surface area contributed by atoms with E-state index in [2.05, 4.69) is 10.1 Å². The predicted molar refractivity (Wildman–Crippen MR) is 115 cm³/mol. The molecule has 2 heterocycles. The van der Waals surface area contributed by atoms with Crippen molar-refractivity contribution in [3.8, 4) is 11.4 Å². The molecule has 0 N–H and O–H groups in total. The van der Waals surface area contributed by atoms with Crippen molar-refractivity contribution in [3.05, 3.63) is 70.1 Å². The van der Waals surface area contributed by atoms with Gasteiger partial charge in [-0.1, -0.05) is 42.7 Å². The van der Waals surface area contributed by atoms with Gasteiger partial charge in [0.1, 0.15) is 0 Å². The Kier molecular flexibility index (Phi) is 6.05.